The van der Waals surface area contributed by atoms with Gasteiger partial charge in [-0.25, -0.2) is 0 Å². The van der Waals surface area contributed by atoms with Crippen LogP contribution in [0.3, 0.4) is 0 Å². The Morgan fingerprint density at radius 1 is 0.964 bits per heavy atom. The van der Waals surface area contributed by atoms with Crippen LogP contribution in [0.4, 0.5) is 11.4 Å². The summed E-state index contributed by atoms with van der Waals surface area (Å²) in [7, 11) is 1.77. The maximum atomic E-state index is 12.9. The number of rotatable bonds is 4. The van der Waals surface area contributed by atoms with E-state index >= 15 is 0 Å². The molecule has 0 spiro atoms. The summed E-state index contributed by atoms with van der Waals surface area (Å²) in [4.78, 5) is 19.4. The van der Waals surface area contributed by atoms with E-state index in [-0.39, 0.29) is 5.91 Å². The zero-order chi connectivity index (χ0) is 19.5. The summed E-state index contributed by atoms with van der Waals surface area (Å²) < 4.78 is 5.44. The van der Waals surface area contributed by atoms with Gasteiger partial charge in [0.05, 0.1) is 6.10 Å². The van der Waals surface area contributed by atoms with Crippen LogP contribution in [0, 0.1) is 0 Å². The molecule has 0 aliphatic carbocycles. The molecule has 2 fully saturated rings. The van der Waals surface area contributed by atoms with Crippen LogP contribution in [0.5, 0.6) is 0 Å². The Balaban J connectivity index is 1.35. The molecule has 2 aromatic carbocycles. The molecule has 5 nitrogen and oxygen atoms in total. The van der Waals surface area contributed by atoms with Gasteiger partial charge in [-0.3, -0.25) is 4.79 Å². The fourth-order valence-electron chi connectivity index (χ4n) is 3.99. The second-order valence-corrected chi connectivity index (χ2v) is 7.83. The Morgan fingerprint density at radius 3 is 2.36 bits per heavy atom. The van der Waals surface area contributed by atoms with Gasteiger partial charge in [0.2, 0.25) is 0 Å². The molecule has 1 amide bonds. The van der Waals surface area contributed by atoms with Gasteiger partial charge in [-0.15, -0.1) is 0 Å². The Labute approximate surface area is 171 Å². The largest absolute Gasteiger partial charge is 0.380 e. The van der Waals surface area contributed by atoms with E-state index in [1.54, 1.807) is 7.11 Å². The van der Waals surface area contributed by atoms with Crippen LogP contribution in [0.2, 0.25) is 5.02 Å². The van der Waals surface area contributed by atoms with Crippen molar-refractivity contribution in [1.82, 2.24) is 4.90 Å². The van der Waals surface area contributed by atoms with Crippen molar-refractivity contribution in [2.45, 2.75) is 12.5 Å². The number of hydrogen-bond donors (Lipinski definition) is 0. The van der Waals surface area contributed by atoms with Gasteiger partial charge in [-0.1, -0.05) is 17.7 Å². The standard InChI is InChI=1S/C22H26ClN3O2/c1-28-21-9-10-26(16-21)19-7-5-17(6-8-19)22(27)25-13-11-24(12-14-25)20-4-2-3-18(23)15-20/h2-8,15,21H,9-14,16H2,1H3. The van der Waals surface area contributed by atoms with E-state index in [2.05, 4.69) is 15.9 Å². The third kappa shape index (κ3) is 4.10. The minimum Gasteiger partial charge on any atom is -0.380 e. The lowest BCUT2D eigenvalue weighted by Gasteiger charge is -2.36. The van der Waals surface area contributed by atoms with Gasteiger partial charge in [0, 0.05) is 68.3 Å². The van der Waals surface area contributed by atoms with Crippen LogP contribution < -0.4 is 9.80 Å². The van der Waals surface area contributed by atoms with E-state index in [9.17, 15) is 4.79 Å². The number of piperazine rings is 1. The molecule has 2 saturated heterocycles. The van der Waals surface area contributed by atoms with E-state index in [0.717, 1.165) is 67.7 Å². The summed E-state index contributed by atoms with van der Waals surface area (Å²) in [6.45, 7) is 4.97. The third-order valence-corrected chi connectivity index (χ3v) is 5.93. The second kappa shape index (κ2) is 8.41. The van der Waals surface area contributed by atoms with Crippen molar-refractivity contribution in [3.63, 3.8) is 0 Å². The number of methoxy groups -OCH3 is 1. The zero-order valence-electron chi connectivity index (χ0n) is 16.2. The first-order valence-electron chi connectivity index (χ1n) is 9.81. The lowest BCUT2D eigenvalue weighted by Crippen LogP contribution is -2.48. The average Bonchev–Trinajstić information content (AvgIpc) is 3.23. The van der Waals surface area contributed by atoms with Gasteiger partial charge in [0.25, 0.3) is 5.91 Å². The Kier molecular flexibility index (Phi) is 5.74. The van der Waals surface area contributed by atoms with Gasteiger partial charge < -0.3 is 19.4 Å². The molecule has 2 aliphatic heterocycles. The van der Waals surface area contributed by atoms with Crippen LogP contribution in [0.1, 0.15) is 16.8 Å². The number of nitrogens with zero attached hydrogens (tertiary/aromatic N) is 3. The summed E-state index contributed by atoms with van der Waals surface area (Å²) in [6.07, 6.45) is 1.35. The van der Waals surface area contributed by atoms with Gasteiger partial charge in [-0.05, 0) is 48.9 Å². The Bertz CT molecular complexity index is 819. The van der Waals surface area contributed by atoms with Gasteiger partial charge in [0.1, 0.15) is 0 Å². The molecule has 1 unspecified atom stereocenters. The first kappa shape index (κ1) is 19.1. The highest BCUT2D eigenvalue weighted by molar-refractivity contribution is 6.30. The normalized spacial score (nSPS) is 19.9. The van der Waals surface area contributed by atoms with E-state index in [4.69, 9.17) is 16.3 Å². The third-order valence-electron chi connectivity index (χ3n) is 5.70. The van der Waals surface area contributed by atoms with Crippen LogP contribution in [-0.4, -0.2) is 63.3 Å². The maximum Gasteiger partial charge on any atom is 0.253 e. The fourth-order valence-corrected chi connectivity index (χ4v) is 4.18. The molecule has 0 aromatic heterocycles. The van der Waals surface area contributed by atoms with Crippen molar-refractivity contribution in [3.8, 4) is 0 Å². The average molecular weight is 400 g/mol. The molecular weight excluding hydrogens is 374 g/mol. The van der Waals surface area contributed by atoms with Crippen molar-refractivity contribution < 1.29 is 9.53 Å². The smallest absolute Gasteiger partial charge is 0.253 e. The lowest BCUT2D eigenvalue weighted by atomic mass is 10.1. The predicted molar refractivity (Wildman–Crippen MR) is 114 cm³/mol. The molecule has 2 heterocycles. The highest BCUT2D eigenvalue weighted by Crippen LogP contribution is 2.24. The first-order chi connectivity index (χ1) is 13.6. The molecule has 148 valence electrons. The minimum absolute atomic E-state index is 0.105. The summed E-state index contributed by atoms with van der Waals surface area (Å²) in [5.74, 6) is 0.105. The first-order valence-corrected chi connectivity index (χ1v) is 10.2. The molecule has 2 aliphatic rings. The molecule has 2 aromatic rings. The van der Waals surface area contributed by atoms with Gasteiger partial charge in [-0.2, -0.15) is 0 Å². The lowest BCUT2D eigenvalue weighted by molar-refractivity contribution is 0.0747. The summed E-state index contributed by atoms with van der Waals surface area (Å²) in [6, 6.07) is 15.9. The van der Waals surface area contributed by atoms with Crippen molar-refractivity contribution in [2.75, 3.05) is 56.2 Å². The molecule has 6 heteroatoms. The molecule has 28 heavy (non-hydrogen) atoms. The van der Waals surface area contributed by atoms with Crippen LogP contribution >= 0.6 is 11.6 Å². The zero-order valence-corrected chi connectivity index (χ0v) is 16.9. The van der Waals surface area contributed by atoms with E-state index in [1.165, 1.54) is 0 Å². The number of hydrogen-bond acceptors (Lipinski definition) is 4. The van der Waals surface area contributed by atoms with Gasteiger partial charge >= 0.3 is 0 Å². The molecule has 0 saturated carbocycles. The predicted octanol–water partition coefficient (Wildman–Crippen LogP) is 3.53. The topological polar surface area (TPSA) is 36.0 Å². The highest BCUT2D eigenvalue weighted by atomic mass is 35.5. The van der Waals surface area contributed by atoms with E-state index < -0.39 is 0 Å². The van der Waals surface area contributed by atoms with E-state index in [0.29, 0.717) is 6.10 Å². The summed E-state index contributed by atoms with van der Waals surface area (Å²) >= 11 is 6.10. The van der Waals surface area contributed by atoms with Crippen molar-refractivity contribution >= 4 is 28.9 Å². The molecule has 0 bridgehead atoms. The highest BCUT2D eigenvalue weighted by Gasteiger charge is 2.24. The van der Waals surface area contributed by atoms with Crippen molar-refractivity contribution in [1.29, 1.82) is 0 Å². The van der Waals surface area contributed by atoms with Gasteiger partial charge in [0.15, 0.2) is 0 Å². The number of benzene rings is 2. The van der Waals surface area contributed by atoms with Crippen LogP contribution in [0.15, 0.2) is 48.5 Å². The number of amides is 1. The van der Waals surface area contributed by atoms with Crippen LogP contribution in [0.25, 0.3) is 0 Å². The van der Waals surface area contributed by atoms with Crippen molar-refractivity contribution in [3.05, 3.63) is 59.1 Å². The molecule has 0 radical (unpaired) electrons. The molecular formula is C22H26ClN3O2. The SMILES string of the molecule is COC1CCN(c2ccc(C(=O)N3CCN(c4cccc(Cl)c4)CC3)cc2)C1. The van der Waals surface area contributed by atoms with E-state index in [1.807, 2.05) is 47.4 Å². The summed E-state index contributed by atoms with van der Waals surface area (Å²) in [5.41, 5.74) is 3.02. The molecule has 0 N–H and O–H groups in total. The minimum atomic E-state index is 0.105. The molecule has 1 atom stereocenters. The maximum absolute atomic E-state index is 12.9. The quantitative estimate of drug-likeness (QED) is 0.788. The monoisotopic (exact) mass is 399 g/mol. The number of anilines is 2. The number of ether oxygens (including phenoxy) is 1. The van der Waals surface area contributed by atoms with Crippen molar-refractivity contribution in [2.24, 2.45) is 0 Å². The second-order valence-electron chi connectivity index (χ2n) is 7.40. The number of carbonyl (C=O) groups is 1. The van der Waals surface area contributed by atoms with Crippen LogP contribution in [-0.2, 0) is 4.74 Å². The fraction of sp³-hybridized carbons (Fsp3) is 0.409. The Hall–Kier alpha value is -2.24. The Morgan fingerprint density at radius 2 is 1.71 bits per heavy atom. The number of carbonyl (C=O) groups excluding carboxylic acids is 1. The summed E-state index contributed by atoms with van der Waals surface area (Å²) in [5, 5.41) is 0.742. The number of halogens is 1. The molecule has 4 rings (SSSR count).